The van der Waals surface area contributed by atoms with Crippen molar-refractivity contribution in [3.63, 3.8) is 0 Å². The molecule has 2 aromatic rings. The molecule has 84 valence electrons. The fourth-order valence-electron chi connectivity index (χ4n) is 1.82. The van der Waals surface area contributed by atoms with Gasteiger partial charge in [-0.2, -0.15) is 0 Å². The second-order valence-electron chi connectivity index (χ2n) is 4.04. The van der Waals surface area contributed by atoms with E-state index in [1.54, 1.807) is 0 Å². The van der Waals surface area contributed by atoms with Crippen LogP contribution in [0.3, 0.4) is 0 Å². The van der Waals surface area contributed by atoms with Crippen LogP contribution in [0.5, 0.6) is 0 Å². The average Bonchev–Trinajstić information content (AvgIpc) is 2.40. The Bertz CT molecular complexity index is 503. The van der Waals surface area contributed by atoms with E-state index in [0.29, 0.717) is 0 Å². The third-order valence-electron chi connectivity index (χ3n) is 2.79. The van der Waals surface area contributed by atoms with Crippen LogP contribution < -0.4 is 0 Å². The molecule has 0 nitrogen and oxygen atoms in total. The van der Waals surface area contributed by atoms with E-state index in [9.17, 15) is 0 Å². The second kappa shape index (κ2) is 5.31. The molecule has 0 heteroatoms. The van der Waals surface area contributed by atoms with Crippen LogP contribution in [0.15, 0.2) is 73.8 Å². The third kappa shape index (κ3) is 2.73. The van der Waals surface area contributed by atoms with Gasteiger partial charge in [-0.25, -0.2) is 0 Å². The molecule has 0 heterocycles. The summed E-state index contributed by atoms with van der Waals surface area (Å²) < 4.78 is 0. The fraction of sp³-hybridized carbons (Fsp3) is 0.0588. The molecule has 0 aromatic heterocycles. The summed E-state index contributed by atoms with van der Waals surface area (Å²) in [7, 11) is 0. The van der Waals surface area contributed by atoms with Gasteiger partial charge in [-0.3, -0.25) is 0 Å². The molecule has 0 radical (unpaired) electrons. The van der Waals surface area contributed by atoms with Crippen molar-refractivity contribution >= 4 is 5.57 Å². The second-order valence-corrected chi connectivity index (χ2v) is 4.04. The van der Waals surface area contributed by atoms with Crippen molar-refractivity contribution in [3.05, 3.63) is 79.4 Å². The van der Waals surface area contributed by atoms with E-state index in [2.05, 4.69) is 61.7 Å². The minimum atomic E-state index is 0.838. The highest BCUT2D eigenvalue weighted by atomic mass is 14.0. The molecule has 0 aliphatic carbocycles. The Balaban J connectivity index is 2.24. The predicted molar refractivity (Wildman–Crippen MR) is 75.7 cm³/mol. The van der Waals surface area contributed by atoms with E-state index in [1.807, 2.05) is 12.1 Å². The van der Waals surface area contributed by atoms with Gasteiger partial charge in [0.25, 0.3) is 0 Å². The van der Waals surface area contributed by atoms with Crippen LogP contribution in [-0.2, 0) is 0 Å². The van der Waals surface area contributed by atoms with Crippen LogP contribution in [0.1, 0.15) is 12.0 Å². The lowest BCUT2D eigenvalue weighted by atomic mass is 10.00. The van der Waals surface area contributed by atoms with E-state index in [4.69, 9.17) is 0 Å². The zero-order chi connectivity index (χ0) is 12.1. The van der Waals surface area contributed by atoms with Gasteiger partial charge in [-0.15, -0.1) is 6.58 Å². The minimum Gasteiger partial charge on any atom is -0.103 e. The summed E-state index contributed by atoms with van der Waals surface area (Å²) in [5, 5.41) is 0. The topological polar surface area (TPSA) is 0 Å². The summed E-state index contributed by atoms with van der Waals surface area (Å²) in [6, 6.07) is 18.9. The molecule has 0 unspecified atom stereocenters. The van der Waals surface area contributed by atoms with E-state index in [1.165, 1.54) is 16.7 Å². The van der Waals surface area contributed by atoms with E-state index < -0.39 is 0 Å². The Morgan fingerprint density at radius 3 is 2.06 bits per heavy atom. The minimum absolute atomic E-state index is 0.838. The number of allylic oxidation sites excluding steroid dienone is 2. The maximum Gasteiger partial charge on any atom is -0.0100 e. The quantitative estimate of drug-likeness (QED) is 0.640. The van der Waals surface area contributed by atoms with Crippen molar-refractivity contribution < 1.29 is 0 Å². The first-order valence-corrected chi connectivity index (χ1v) is 5.76. The molecule has 0 N–H and O–H groups in total. The summed E-state index contributed by atoms with van der Waals surface area (Å²) in [6.07, 6.45) is 2.72. The lowest BCUT2D eigenvalue weighted by Crippen LogP contribution is -1.82. The molecule has 0 amide bonds. The van der Waals surface area contributed by atoms with Crippen molar-refractivity contribution in [1.29, 1.82) is 0 Å². The molecule has 0 aliphatic rings. The molecule has 17 heavy (non-hydrogen) atoms. The molecule has 0 atom stereocenters. The van der Waals surface area contributed by atoms with Crippen molar-refractivity contribution in [2.24, 2.45) is 0 Å². The fourth-order valence-corrected chi connectivity index (χ4v) is 1.82. The van der Waals surface area contributed by atoms with Gasteiger partial charge in [-0.1, -0.05) is 67.3 Å². The van der Waals surface area contributed by atoms with Crippen LogP contribution in [0, 0.1) is 0 Å². The Kier molecular flexibility index (Phi) is 3.56. The summed E-state index contributed by atoms with van der Waals surface area (Å²) in [4.78, 5) is 0. The zero-order valence-corrected chi connectivity index (χ0v) is 9.89. The number of benzene rings is 2. The summed E-state index contributed by atoms with van der Waals surface area (Å²) in [5.41, 5.74) is 4.78. The molecule has 0 saturated heterocycles. The van der Waals surface area contributed by atoms with Crippen LogP contribution in [-0.4, -0.2) is 0 Å². The van der Waals surface area contributed by atoms with Crippen LogP contribution in [0.25, 0.3) is 16.7 Å². The Labute approximate surface area is 103 Å². The maximum absolute atomic E-state index is 4.05. The molecule has 0 saturated carbocycles. The number of hydrogen-bond acceptors (Lipinski definition) is 0. The molecule has 2 aromatic carbocycles. The van der Waals surface area contributed by atoms with Crippen LogP contribution >= 0.6 is 0 Å². The van der Waals surface area contributed by atoms with Gasteiger partial charge in [0.1, 0.15) is 0 Å². The van der Waals surface area contributed by atoms with Gasteiger partial charge >= 0.3 is 0 Å². The predicted octanol–water partition coefficient (Wildman–Crippen LogP) is 4.94. The highest BCUT2D eigenvalue weighted by Gasteiger charge is 1.99. The lowest BCUT2D eigenvalue weighted by molar-refractivity contribution is 1.41. The molecular weight excluding hydrogens is 204 g/mol. The van der Waals surface area contributed by atoms with Crippen molar-refractivity contribution in [3.8, 4) is 11.1 Å². The van der Waals surface area contributed by atoms with Crippen molar-refractivity contribution in [2.75, 3.05) is 0 Å². The van der Waals surface area contributed by atoms with Gasteiger partial charge in [0.15, 0.2) is 0 Å². The maximum atomic E-state index is 4.05. The summed E-state index contributed by atoms with van der Waals surface area (Å²) in [5.74, 6) is 0. The highest BCUT2D eigenvalue weighted by molar-refractivity contribution is 5.69. The first-order valence-electron chi connectivity index (χ1n) is 5.76. The van der Waals surface area contributed by atoms with Gasteiger partial charge in [0.05, 0.1) is 0 Å². The zero-order valence-electron chi connectivity index (χ0n) is 9.89. The average molecular weight is 220 g/mol. The molecule has 0 aliphatic heterocycles. The summed E-state index contributed by atoms with van der Waals surface area (Å²) >= 11 is 0. The monoisotopic (exact) mass is 220 g/mol. The Hall–Kier alpha value is -2.08. The van der Waals surface area contributed by atoms with E-state index in [-0.39, 0.29) is 0 Å². The SMILES string of the molecule is C=CCC(=C)c1ccc(-c2ccccc2)cc1. The molecule has 2 rings (SSSR count). The largest absolute Gasteiger partial charge is 0.103 e. The van der Waals surface area contributed by atoms with Crippen molar-refractivity contribution in [2.45, 2.75) is 6.42 Å². The van der Waals surface area contributed by atoms with Crippen LogP contribution in [0.4, 0.5) is 0 Å². The van der Waals surface area contributed by atoms with Gasteiger partial charge in [0, 0.05) is 0 Å². The normalized spacial score (nSPS) is 9.88. The molecule has 0 bridgehead atoms. The summed E-state index contributed by atoms with van der Waals surface area (Å²) in [6.45, 7) is 7.78. The standard InChI is InChI=1S/C17H16/c1-3-7-14(2)15-10-12-17(13-11-15)16-8-5-4-6-9-16/h3-6,8-13H,1-2,7H2. The molecule has 0 spiro atoms. The Morgan fingerprint density at radius 2 is 1.47 bits per heavy atom. The Morgan fingerprint density at radius 1 is 0.882 bits per heavy atom. The first-order chi connectivity index (χ1) is 8.31. The van der Waals surface area contributed by atoms with E-state index >= 15 is 0 Å². The van der Waals surface area contributed by atoms with Crippen LogP contribution in [0.2, 0.25) is 0 Å². The molecule has 0 fully saturated rings. The van der Waals surface area contributed by atoms with Gasteiger partial charge in [-0.05, 0) is 28.7 Å². The highest BCUT2D eigenvalue weighted by Crippen LogP contribution is 2.22. The smallest absolute Gasteiger partial charge is 0.0100 e. The molecular formula is C17H16. The third-order valence-corrected chi connectivity index (χ3v) is 2.79. The number of hydrogen-bond donors (Lipinski definition) is 0. The van der Waals surface area contributed by atoms with Gasteiger partial charge < -0.3 is 0 Å². The van der Waals surface area contributed by atoms with Gasteiger partial charge in [0.2, 0.25) is 0 Å². The first kappa shape index (κ1) is 11.4. The van der Waals surface area contributed by atoms with E-state index in [0.717, 1.165) is 12.0 Å². The van der Waals surface area contributed by atoms with Crippen molar-refractivity contribution in [1.82, 2.24) is 0 Å². The lowest BCUT2D eigenvalue weighted by Gasteiger charge is -2.05. The number of rotatable bonds is 4.